The first-order valence-electron chi connectivity index (χ1n) is 17.1. The fraction of sp³-hybridized carbons (Fsp3) is 0.109. The van der Waals surface area contributed by atoms with E-state index in [1.807, 2.05) is 12.1 Å². The Balaban J connectivity index is 1.21. The molecule has 2 unspecified atom stereocenters. The van der Waals surface area contributed by atoms with Crippen molar-refractivity contribution in [2.45, 2.75) is 19.5 Å². The van der Waals surface area contributed by atoms with E-state index in [0.717, 1.165) is 23.5 Å². The van der Waals surface area contributed by atoms with Gasteiger partial charge in [0.05, 0.1) is 23.0 Å². The Kier molecular flexibility index (Phi) is 6.85. The number of nitriles is 1. The summed E-state index contributed by atoms with van der Waals surface area (Å²) in [6, 6.07) is 52.4. The predicted molar refractivity (Wildman–Crippen MR) is 206 cm³/mol. The highest BCUT2D eigenvalue weighted by molar-refractivity contribution is 6.19. The largest absolute Gasteiger partial charge is 0.349 e. The molecule has 3 nitrogen and oxygen atoms in total. The third-order valence-corrected chi connectivity index (χ3v) is 10.6. The van der Waals surface area contributed by atoms with Gasteiger partial charge in [0.1, 0.15) is 6.17 Å². The SMILES string of the molecule is CC1CC(c2c3ccccc3c(-c3ccc4ccccc4c3)c3ccccc23)=CC=C1C1N(C)c2cc(C#N)ccc2N1c1ccccc1. The number of nitrogens with zero attached hydrogens (tertiary/aromatic N) is 3. The highest BCUT2D eigenvalue weighted by Crippen LogP contribution is 2.50. The number of hydrogen-bond donors (Lipinski definition) is 0. The summed E-state index contributed by atoms with van der Waals surface area (Å²) in [7, 11) is 2.16. The number of fused-ring (bicyclic) bond motifs is 4. The van der Waals surface area contributed by atoms with Crippen molar-refractivity contribution >= 4 is 55.0 Å². The Labute approximate surface area is 287 Å². The summed E-state index contributed by atoms with van der Waals surface area (Å²) in [6.07, 6.45) is 5.68. The van der Waals surface area contributed by atoms with Gasteiger partial charge in [-0.25, -0.2) is 0 Å². The van der Waals surface area contributed by atoms with Gasteiger partial charge in [-0.1, -0.05) is 122 Å². The van der Waals surface area contributed by atoms with Crippen LogP contribution in [0.2, 0.25) is 0 Å². The molecule has 0 N–H and O–H groups in total. The number of allylic oxidation sites excluding steroid dienone is 3. The third-order valence-electron chi connectivity index (χ3n) is 10.6. The van der Waals surface area contributed by atoms with Crippen LogP contribution in [-0.2, 0) is 0 Å². The van der Waals surface area contributed by atoms with Crippen molar-refractivity contribution in [1.29, 1.82) is 5.26 Å². The molecule has 234 valence electrons. The summed E-state index contributed by atoms with van der Waals surface area (Å²) < 4.78 is 0. The molecule has 0 amide bonds. The molecule has 0 aromatic heterocycles. The van der Waals surface area contributed by atoms with Crippen molar-refractivity contribution in [1.82, 2.24) is 0 Å². The number of benzene rings is 7. The van der Waals surface area contributed by atoms with Crippen LogP contribution in [0.5, 0.6) is 0 Å². The number of anilines is 3. The second-order valence-electron chi connectivity index (χ2n) is 13.4. The van der Waals surface area contributed by atoms with Crippen molar-refractivity contribution in [2.24, 2.45) is 5.92 Å². The molecule has 0 spiro atoms. The normalized spacial score (nSPS) is 17.2. The fourth-order valence-electron chi connectivity index (χ4n) is 8.29. The average molecular weight is 630 g/mol. The van der Waals surface area contributed by atoms with Crippen LogP contribution in [0.4, 0.5) is 17.1 Å². The Morgan fingerprint density at radius 3 is 1.92 bits per heavy atom. The summed E-state index contributed by atoms with van der Waals surface area (Å²) >= 11 is 0. The van der Waals surface area contributed by atoms with Crippen molar-refractivity contribution in [2.75, 3.05) is 16.8 Å². The van der Waals surface area contributed by atoms with Crippen LogP contribution in [-0.4, -0.2) is 13.2 Å². The second-order valence-corrected chi connectivity index (χ2v) is 13.4. The van der Waals surface area contributed by atoms with Crippen LogP contribution in [0.15, 0.2) is 157 Å². The zero-order valence-electron chi connectivity index (χ0n) is 27.6. The molecule has 0 saturated carbocycles. The molecule has 1 aliphatic carbocycles. The van der Waals surface area contributed by atoms with Crippen molar-refractivity contribution in [3.05, 3.63) is 168 Å². The second kappa shape index (κ2) is 11.5. The topological polar surface area (TPSA) is 30.3 Å². The van der Waals surface area contributed by atoms with Crippen LogP contribution in [0.25, 0.3) is 49.0 Å². The molecule has 7 aromatic rings. The van der Waals surface area contributed by atoms with E-state index in [-0.39, 0.29) is 6.17 Å². The minimum atomic E-state index is 0.00270. The monoisotopic (exact) mass is 629 g/mol. The zero-order chi connectivity index (χ0) is 33.1. The minimum Gasteiger partial charge on any atom is -0.349 e. The van der Waals surface area contributed by atoms with E-state index in [2.05, 4.69) is 169 Å². The summed E-state index contributed by atoms with van der Waals surface area (Å²) in [5.41, 5.74) is 10.6. The summed E-state index contributed by atoms with van der Waals surface area (Å²) in [4.78, 5) is 4.77. The maximum atomic E-state index is 9.71. The van der Waals surface area contributed by atoms with Crippen molar-refractivity contribution in [3.8, 4) is 17.2 Å². The minimum absolute atomic E-state index is 0.00270. The smallest absolute Gasteiger partial charge is 0.129 e. The standard InChI is InChI=1S/C46H35N3/c1-30-26-34(23-24-37(30)46-48(2)43-27-31(29-47)20-25-42(43)49(46)36-14-4-3-5-15-36)44-38-16-8-10-18-40(38)45(41-19-11-9-17-39(41)44)35-22-21-32-12-6-7-13-33(32)28-35/h3-25,27-28,30,46H,26H2,1-2H3. The van der Waals surface area contributed by atoms with Gasteiger partial charge in [0.25, 0.3) is 0 Å². The Hall–Kier alpha value is -6.11. The number of rotatable bonds is 4. The number of para-hydroxylation sites is 1. The summed E-state index contributed by atoms with van der Waals surface area (Å²) in [5.74, 6) is 0.293. The van der Waals surface area contributed by atoms with Crippen LogP contribution in [0.1, 0.15) is 24.5 Å². The summed E-state index contributed by atoms with van der Waals surface area (Å²) in [5, 5.41) is 17.4. The maximum absolute atomic E-state index is 9.71. The van der Waals surface area contributed by atoms with Gasteiger partial charge < -0.3 is 9.80 Å². The zero-order valence-corrected chi connectivity index (χ0v) is 27.6. The molecular weight excluding hydrogens is 595 g/mol. The van der Waals surface area contributed by atoms with E-state index in [1.165, 1.54) is 60.2 Å². The van der Waals surface area contributed by atoms with Crippen molar-refractivity contribution < 1.29 is 0 Å². The van der Waals surface area contributed by atoms with Crippen LogP contribution < -0.4 is 9.80 Å². The Bertz CT molecular complexity index is 2480. The molecule has 0 fully saturated rings. The highest BCUT2D eigenvalue weighted by Gasteiger charge is 2.39. The molecule has 0 saturated heterocycles. The quantitative estimate of drug-likeness (QED) is 0.182. The van der Waals surface area contributed by atoms with Gasteiger partial charge in [0.15, 0.2) is 0 Å². The van der Waals surface area contributed by atoms with Gasteiger partial charge in [-0.05, 0) is 109 Å². The molecule has 0 radical (unpaired) electrons. The van der Waals surface area contributed by atoms with Gasteiger partial charge in [-0.3, -0.25) is 0 Å². The first-order chi connectivity index (χ1) is 24.1. The van der Waals surface area contributed by atoms with E-state index < -0.39 is 0 Å². The lowest BCUT2D eigenvalue weighted by Gasteiger charge is -2.37. The van der Waals surface area contributed by atoms with Crippen LogP contribution in [0.3, 0.4) is 0 Å². The molecule has 2 aliphatic rings. The lowest BCUT2D eigenvalue weighted by Crippen LogP contribution is -2.42. The molecule has 49 heavy (non-hydrogen) atoms. The van der Waals surface area contributed by atoms with Gasteiger partial charge in [0, 0.05) is 12.7 Å². The van der Waals surface area contributed by atoms with Gasteiger partial charge in [-0.2, -0.15) is 5.26 Å². The molecule has 9 rings (SSSR count). The predicted octanol–water partition coefficient (Wildman–Crippen LogP) is 11.6. The number of likely N-dealkylation sites (N-methyl/N-ethyl adjacent to an activating group) is 1. The Morgan fingerprint density at radius 2 is 1.24 bits per heavy atom. The molecule has 0 bridgehead atoms. The van der Waals surface area contributed by atoms with E-state index >= 15 is 0 Å². The maximum Gasteiger partial charge on any atom is 0.129 e. The molecule has 3 heteroatoms. The Morgan fingerprint density at radius 1 is 0.612 bits per heavy atom. The lowest BCUT2D eigenvalue weighted by atomic mass is 9.79. The average Bonchev–Trinajstić information content (AvgIpc) is 3.44. The molecule has 1 aliphatic heterocycles. The molecule has 2 atom stereocenters. The molecular formula is C46H35N3. The lowest BCUT2D eigenvalue weighted by molar-refractivity contribution is 0.604. The van der Waals surface area contributed by atoms with E-state index in [1.54, 1.807) is 0 Å². The molecule has 1 heterocycles. The van der Waals surface area contributed by atoms with E-state index in [4.69, 9.17) is 0 Å². The van der Waals surface area contributed by atoms with Gasteiger partial charge in [0.2, 0.25) is 0 Å². The van der Waals surface area contributed by atoms with Gasteiger partial charge >= 0.3 is 0 Å². The van der Waals surface area contributed by atoms with Gasteiger partial charge in [-0.15, -0.1) is 0 Å². The molecule has 7 aromatic carbocycles. The van der Waals surface area contributed by atoms with E-state index in [9.17, 15) is 5.26 Å². The first-order valence-corrected chi connectivity index (χ1v) is 17.1. The van der Waals surface area contributed by atoms with Crippen LogP contribution >= 0.6 is 0 Å². The summed E-state index contributed by atoms with van der Waals surface area (Å²) in [6.45, 7) is 2.37. The first kappa shape index (κ1) is 29.1. The highest BCUT2D eigenvalue weighted by atomic mass is 15.4. The number of hydrogen-bond acceptors (Lipinski definition) is 3. The fourth-order valence-corrected chi connectivity index (χ4v) is 8.29. The third kappa shape index (κ3) is 4.64. The van der Waals surface area contributed by atoms with Crippen LogP contribution in [0, 0.1) is 17.2 Å². The van der Waals surface area contributed by atoms with E-state index in [0.29, 0.717) is 11.5 Å². The van der Waals surface area contributed by atoms with Crippen molar-refractivity contribution in [3.63, 3.8) is 0 Å².